The third-order valence-electron chi connectivity index (χ3n) is 1.97. The van der Waals surface area contributed by atoms with Gasteiger partial charge in [0.2, 0.25) is 5.76 Å². The van der Waals surface area contributed by atoms with Crippen LogP contribution in [0.3, 0.4) is 0 Å². The van der Waals surface area contributed by atoms with Gasteiger partial charge in [-0.15, -0.1) is 0 Å². The van der Waals surface area contributed by atoms with E-state index in [0.29, 0.717) is 23.2 Å². The number of aromatic nitrogens is 1. The van der Waals surface area contributed by atoms with Crippen LogP contribution in [0.2, 0.25) is 5.15 Å². The molecule has 2 aromatic heterocycles. The van der Waals surface area contributed by atoms with Crippen molar-refractivity contribution in [1.29, 1.82) is 5.26 Å². The van der Waals surface area contributed by atoms with E-state index in [1.54, 1.807) is 24.4 Å². The van der Waals surface area contributed by atoms with Crippen LogP contribution in [0.5, 0.6) is 0 Å². The van der Waals surface area contributed by atoms with Crippen molar-refractivity contribution in [2.75, 3.05) is 5.32 Å². The Kier molecular flexibility index (Phi) is 3.08. The first-order valence-electron chi connectivity index (χ1n) is 4.62. The Morgan fingerprint density at radius 1 is 1.38 bits per heavy atom. The monoisotopic (exact) mass is 233 g/mol. The lowest BCUT2D eigenvalue weighted by Gasteiger charge is -2.02. The van der Waals surface area contributed by atoms with E-state index in [-0.39, 0.29) is 0 Å². The number of nitriles is 1. The summed E-state index contributed by atoms with van der Waals surface area (Å²) in [5, 5.41) is 12.1. The Labute approximate surface area is 97.5 Å². The van der Waals surface area contributed by atoms with Crippen molar-refractivity contribution in [2.24, 2.45) is 0 Å². The molecule has 0 unspecified atom stereocenters. The summed E-state index contributed by atoms with van der Waals surface area (Å²) in [5.41, 5.74) is 0.847. The van der Waals surface area contributed by atoms with Crippen LogP contribution in [0, 0.1) is 11.3 Å². The van der Waals surface area contributed by atoms with E-state index in [4.69, 9.17) is 21.3 Å². The highest BCUT2D eigenvalue weighted by atomic mass is 35.5. The minimum absolute atomic E-state index is 0.311. The fourth-order valence-corrected chi connectivity index (χ4v) is 1.31. The maximum Gasteiger partial charge on any atom is 0.203 e. The number of nitrogens with zero attached hydrogens (tertiary/aromatic N) is 2. The smallest absolute Gasteiger partial charge is 0.203 e. The topological polar surface area (TPSA) is 61.9 Å². The summed E-state index contributed by atoms with van der Waals surface area (Å²) in [5.74, 6) is 1.01. The molecule has 2 aromatic rings. The number of furan rings is 1. The SMILES string of the molecule is N#Cc1ccc(CNc2ccc(Cl)nc2)o1. The van der Waals surface area contributed by atoms with Gasteiger partial charge in [0.15, 0.2) is 0 Å². The summed E-state index contributed by atoms with van der Waals surface area (Å²) < 4.78 is 5.21. The lowest BCUT2D eigenvalue weighted by Crippen LogP contribution is -1.98. The Morgan fingerprint density at radius 2 is 2.25 bits per heavy atom. The molecule has 0 fully saturated rings. The summed E-state index contributed by atoms with van der Waals surface area (Å²) in [6.07, 6.45) is 1.64. The largest absolute Gasteiger partial charge is 0.449 e. The molecule has 0 aromatic carbocycles. The van der Waals surface area contributed by atoms with Crippen LogP contribution in [0.25, 0.3) is 0 Å². The van der Waals surface area contributed by atoms with Gasteiger partial charge in [-0.3, -0.25) is 0 Å². The quantitative estimate of drug-likeness (QED) is 0.828. The van der Waals surface area contributed by atoms with Crippen molar-refractivity contribution in [1.82, 2.24) is 4.98 Å². The predicted molar refractivity (Wildman–Crippen MR) is 60.0 cm³/mol. The molecule has 5 heteroatoms. The molecule has 16 heavy (non-hydrogen) atoms. The fourth-order valence-electron chi connectivity index (χ4n) is 1.20. The van der Waals surface area contributed by atoms with Crippen LogP contribution in [0.4, 0.5) is 5.69 Å². The summed E-state index contributed by atoms with van der Waals surface area (Å²) in [4.78, 5) is 3.93. The van der Waals surface area contributed by atoms with Crippen molar-refractivity contribution >= 4 is 17.3 Å². The Bertz CT molecular complexity index is 513. The van der Waals surface area contributed by atoms with Crippen molar-refractivity contribution in [2.45, 2.75) is 6.54 Å². The van der Waals surface area contributed by atoms with E-state index < -0.39 is 0 Å². The highest BCUT2D eigenvalue weighted by Gasteiger charge is 2.00. The zero-order valence-corrected chi connectivity index (χ0v) is 9.03. The van der Waals surface area contributed by atoms with Gasteiger partial charge in [-0.1, -0.05) is 11.6 Å². The highest BCUT2D eigenvalue weighted by molar-refractivity contribution is 6.29. The van der Waals surface area contributed by atoms with Crippen LogP contribution >= 0.6 is 11.6 Å². The summed E-state index contributed by atoms with van der Waals surface area (Å²) in [6.45, 7) is 0.505. The van der Waals surface area contributed by atoms with Gasteiger partial charge in [0.05, 0.1) is 18.4 Å². The molecule has 2 heterocycles. The first-order chi connectivity index (χ1) is 7.78. The van der Waals surface area contributed by atoms with Crippen LogP contribution in [0.1, 0.15) is 11.5 Å². The first-order valence-corrected chi connectivity index (χ1v) is 5.00. The van der Waals surface area contributed by atoms with Crippen LogP contribution < -0.4 is 5.32 Å². The molecule has 0 saturated carbocycles. The van der Waals surface area contributed by atoms with Crippen LogP contribution in [0.15, 0.2) is 34.9 Å². The van der Waals surface area contributed by atoms with Crippen molar-refractivity contribution in [3.05, 3.63) is 47.1 Å². The predicted octanol–water partition coefficient (Wildman–Crippen LogP) is 2.81. The van der Waals surface area contributed by atoms with Gasteiger partial charge in [0.1, 0.15) is 17.0 Å². The Morgan fingerprint density at radius 3 is 2.88 bits per heavy atom. The van der Waals surface area contributed by atoms with Crippen LogP contribution in [-0.4, -0.2) is 4.98 Å². The molecular weight excluding hydrogens is 226 g/mol. The van der Waals surface area contributed by atoms with Gasteiger partial charge >= 0.3 is 0 Å². The van der Waals surface area contributed by atoms with Crippen molar-refractivity contribution < 1.29 is 4.42 Å². The number of hydrogen-bond donors (Lipinski definition) is 1. The van der Waals surface area contributed by atoms with E-state index >= 15 is 0 Å². The average molecular weight is 234 g/mol. The van der Waals surface area contributed by atoms with Crippen LogP contribution in [-0.2, 0) is 6.54 Å². The molecule has 4 nitrogen and oxygen atoms in total. The zero-order chi connectivity index (χ0) is 11.4. The number of pyridine rings is 1. The molecule has 0 saturated heterocycles. The maximum atomic E-state index is 8.58. The van der Waals surface area contributed by atoms with Gasteiger partial charge in [0, 0.05) is 0 Å². The molecule has 80 valence electrons. The van der Waals surface area contributed by atoms with E-state index in [2.05, 4.69) is 10.3 Å². The first kappa shape index (κ1) is 10.5. The second kappa shape index (κ2) is 4.69. The summed E-state index contributed by atoms with van der Waals surface area (Å²) in [6, 6.07) is 8.85. The number of halogens is 1. The van der Waals surface area contributed by atoms with E-state index in [9.17, 15) is 0 Å². The number of rotatable bonds is 3. The summed E-state index contributed by atoms with van der Waals surface area (Å²) >= 11 is 5.66. The zero-order valence-electron chi connectivity index (χ0n) is 8.27. The molecular formula is C11H8ClN3O. The molecule has 0 aliphatic carbocycles. The number of anilines is 1. The fraction of sp³-hybridized carbons (Fsp3) is 0.0909. The van der Waals surface area contributed by atoms with Crippen molar-refractivity contribution in [3.8, 4) is 6.07 Å². The molecule has 0 spiro atoms. The standard InChI is InChI=1S/C11H8ClN3O/c12-11-4-1-8(6-15-11)14-7-10-3-2-9(5-13)16-10/h1-4,6,14H,7H2. The molecule has 0 amide bonds. The molecule has 2 rings (SSSR count). The average Bonchev–Trinajstić information content (AvgIpc) is 2.76. The number of nitrogens with one attached hydrogen (secondary N) is 1. The van der Waals surface area contributed by atoms with Gasteiger partial charge in [-0.05, 0) is 24.3 Å². The van der Waals surface area contributed by atoms with Gasteiger partial charge in [0.25, 0.3) is 0 Å². The third kappa shape index (κ3) is 2.53. The molecule has 0 aliphatic rings. The van der Waals surface area contributed by atoms with E-state index in [0.717, 1.165) is 5.69 Å². The minimum Gasteiger partial charge on any atom is -0.449 e. The minimum atomic E-state index is 0.311. The lowest BCUT2D eigenvalue weighted by atomic mass is 10.4. The Balaban J connectivity index is 1.97. The molecule has 0 radical (unpaired) electrons. The van der Waals surface area contributed by atoms with Crippen molar-refractivity contribution in [3.63, 3.8) is 0 Å². The molecule has 0 aliphatic heterocycles. The lowest BCUT2D eigenvalue weighted by molar-refractivity contribution is 0.506. The maximum absolute atomic E-state index is 8.58. The van der Waals surface area contributed by atoms with Gasteiger partial charge in [-0.25, -0.2) is 4.98 Å². The molecule has 0 atom stereocenters. The number of hydrogen-bond acceptors (Lipinski definition) is 4. The van der Waals surface area contributed by atoms with Gasteiger partial charge < -0.3 is 9.73 Å². The molecule has 0 bridgehead atoms. The second-order valence-electron chi connectivity index (χ2n) is 3.10. The Hall–Kier alpha value is -1.99. The highest BCUT2D eigenvalue weighted by Crippen LogP contribution is 2.12. The third-order valence-corrected chi connectivity index (χ3v) is 2.19. The van der Waals surface area contributed by atoms with Gasteiger partial charge in [-0.2, -0.15) is 5.26 Å². The second-order valence-corrected chi connectivity index (χ2v) is 3.49. The van der Waals surface area contributed by atoms with E-state index in [1.165, 1.54) is 0 Å². The normalized spacial score (nSPS) is 9.75. The molecule has 1 N–H and O–H groups in total. The summed E-state index contributed by atoms with van der Waals surface area (Å²) in [7, 11) is 0. The van der Waals surface area contributed by atoms with E-state index in [1.807, 2.05) is 12.1 Å².